The van der Waals surface area contributed by atoms with Crippen LogP contribution in [0.4, 0.5) is 10.2 Å². The first-order valence-electron chi connectivity index (χ1n) is 7.33. The molecule has 1 N–H and O–H groups in total. The van der Waals surface area contributed by atoms with Gasteiger partial charge in [-0.15, -0.1) is 0 Å². The van der Waals surface area contributed by atoms with Gasteiger partial charge in [0.2, 0.25) is 0 Å². The van der Waals surface area contributed by atoms with E-state index in [0.29, 0.717) is 12.2 Å². The Morgan fingerprint density at radius 3 is 2.52 bits per heavy atom. The first kappa shape index (κ1) is 17.4. The zero-order valence-corrected chi connectivity index (χ0v) is 14.9. The van der Waals surface area contributed by atoms with E-state index in [4.69, 9.17) is 23.2 Å². The van der Waals surface area contributed by atoms with Gasteiger partial charge in [-0.3, -0.25) is 14.2 Å². The summed E-state index contributed by atoms with van der Waals surface area (Å²) in [7, 11) is 1.63. The predicted octanol–water partition coefficient (Wildman–Crippen LogP) is 3.67. The van der Waals surface area contributed by atoms with Gasteiger partial charge >= 0.3 is 0 Å². The molecule has 0 unspecified atom stereocenters. The number of halogens is 3. The largest absolute Gasteiger partial charge is 0.302 e. The number of aromatic nitrogens is 4. The monoisotopic (exact) mass is 381 g/mol. The molecular weight excluding hydrogens is 368 g/mol. The number of nitrogens with zero attached hydrogens (tertiary/aromatic N) is 4. The van der Waals surface area contributed by atoms with E-state index in [1.807, 2.05) is 0 Å². The Bertz CT molecular complexity index is 933. The van der Waals surface area contributed by atoms with Crippen LogP contribution in [0.1, 0.15) is 21.7 Å². The van der Waals surface area contributed by atoms with E-state index < -0.39 is 5.91 Å². The Kier molecular flexibility index (Phi) is 4.78. The van der Waals surface area contributed by atoms with E-state index in [0.717, 1.165) is 5.56 Å². The highest BCUT2D eigenvalue weighted by Crippen LogP contribution is 2.24. The van der Waals surface area contributed by atoms with Crippen molar-refractivity contribution >= 4 is 34.9 Å². The Hall–Kier alpha value is -2.38. The average molecular weight is 382 g/mol. The summed E-state index contributed by atoms with van der Waals surface area (Å²) in [6.45, 7) is 2.10. The number of aryl methyl sites for hydroxylation is 2. The summed E-state index contributed by atoms with van der Waals surface area (Å²) in [6, 6.07) is 6.05. The average Bonchev–Trinajstić information content (AvgIpc) is 3.01. The van der Waals surface area contributed by atoms with Crippen molar-refractivity contribution in [2.45, 2.75) is 13.5 Å². The van der Waals surface area contributed by atoms with Crippen LogP contribution in [0.2, 0.25) is 10.0 Å². The molecule has 0 bridgehead atoms. The molecule has 0 spiro atoms. The molecule has 0 saturated heterocycles. The molecule has 9 heteroatoms. The first-order valence-corrected chi connectivity index (χ1v) is 8.08. The first-order chi connectivity index (χ1) is 11.8. The van der Waals surface area contributed by atoms with E-state index >= 15 is 0 Å². The third-order valence-electron chi connectivity index (χ3n) is 3.57. The number of amides is 1. The Morgan fingerprint density at radius 2 is 1.92 bits per heavy atom. The molecular formula is C16H14Cl2FN5O. The second-order valence-corrected chi connectivity index (χ2v) is 6.26. The van der Waals surface area contributed by atoms with Gasteiger partial charge in [0, 0.05) is 13.2 Å². The lowest BCUT2D eigenvalue weighted by Crippen LogP contribution is -2.17. The zero-order chi connectivity index (χ0) is 18.1. The summed E-state index contributed by atoms with van der Waals surface area (Å²) in [6.07, 6.45) is 1.58. The van der Waals surface area contributed by atoms with Crippen molar-refractivity contribution in [3.05, 3.63) is 63.3 Å². The maximum Gasteiger partial charge on any atom is 0.276 e. The van der Waals surface area contributed by atoms with Gasteiger partial charge in [-0.05, 0) is 24.6 Å². The fraction of sp³-hybridized carbons (Fsp3) is 0.188. The second kappa shape index (κ2) is 6.85. The predicted molar refractivity (Wildman–Crippen MR) is 93.6 cm³/mol. The van der Waals surface area contributed by atoms with Crippen LogP contribution in [-0.2, 0) is 13.6 Å². The molecule has 1 aromatic carbocycles. The maximum absolute atomic E-state index is 13.0. The number of anilines is 1. The molecule has 0 saturated carbocycles. The Labute approximate surface area is 153 Å². The van der Waals surface area contributed by atoms with Crippen LogP contribution in [0.25, 0.3) is 0 Å². The van der Waals surface area contributed by atoms with Gasteiger partial charge in [0.1, 0.15) is 16.5 Å². The summed E-state index contributed by atoms with van der Waals surface area (Å²) in [5, 5.41) is 11.5. The molecule has 6 nitrogen and oxygen atoms in total. The van der Waals surface area contributed by atoms with Gasteiger partial charge in [0.25, 0.3) is 5.91 Å². The molecule has 0 fully saturated rings. The summed E-state index contributed by atoms with van der Waals surface area (Å²) in [5.74, 6) is -0.552. The number of hydrogen-bond donors (Lipinski definition) is 1. The highest BCUT2D eigenvalue weighted by atomic mass is 35.5. The summed E-state index contributed by atoms with van der Waals surface area (Å²) >= 11 is 12.2. The van der Waals surface area contributed by atoms with Gasteiger partial charge in [-0.25, -0.2) is 4.39 Å². The van der Waals surface area contributed by atoms with E-state index in [-0.39, 0.29) is 27.4 Å². The van der Waals surface area contributed by atoms with Crippen LogP contribution in [0.3, 0.4) is 0 Å². The lowest BCUT2D eigenvalue weighted by molar-refractivity contribution is 0.101. The molecule has 0 aliphatic carbocycles. The lowest BCUT2D eigenvalue weighted by atomic mass is 10.2. The SMILES string of the molecule is Cc1nn(C)c(C(=O)Nc2nn(Cc3ccc(F)cc3)cc2Cl)c1Cl. The molecule has 0 aliphatic heterocycles. The highest BCUT2D eigenvalue weighted by molar-refractivity contribution is 6.35. The highest BCUT2D eigenvalue weighted by Gasteiger charge is 2.20. The van der Waals surface area contributed by atoms with Gasteiger partial charge in [0.15, 0.2) is 5.82 Å². The summed E-state index contributed by atoms with van der Waals surface area (Å²) < 4.78 is 15.9. The van der Waals surface area contributed by atoms with Gasteiger partial charge in [-0.2, -0.15) is 10.2 Å². The standard InChI is InChI=1S/C16H14Cl2FN5O/c1-9-13(18)14(23(2)21-9)16(25)20-15-12(17)8-24(22-15)7-10-3-5-11(19)6-4-10/h3-6,8H,7H2,1-2H3,(H,20,22,25). The van der Waals surface area contributed by atoms with E-state index in [1.165, 1.54) is 16.8 Å². The van der Waals surface area contributed by atoms with E-state index in [1.54, 1.807) is 37.0 Å². The fourth-order valence-corrected chi connectivity index (χ4v) is 2.83. The molecule has 3 rings (SSSR count). The van der Waals surface area contributed by atoms with Crippen molar-refractivity contribution in [3.8, 4) is 0 Å². The van der Waals surface area contributed by atoms with Crippen molar-refractivity contribution in [3.63, 3.8) is 0 Å². The maximum atomic E-state index is 13.0. The smallest absolute Gasteiger partial charge is 0.276 e. The fourth-order valence-electron chi connectivity index (χ4n) is 2.39. The Balaban J connectivity index is 1.78. The number of nitrogens with one attached hydrogen (secondary N) is 1. The van der Waals surface area contributed by atoms with Gasteiger partial charge < -0.3 is 5.32 Å². The second-order valence-electron chi connectivity index (χ2n) is 5.48. The molecule has 0 radical (unpaired) electrons. The molecule has 0 aliphatic rings. The third kappa shape index (κ3) is 3.67. The molecule has 130 valence electrons. The van der Waals surface area contributed by atoms with Gasteiger partial charge in [0.05, 0.1) is 17.3 Å². The summed E-state index contributed by atoms with van der Waals surface area (Å²) in [5.41, 5.74) is 1.63. The van der Waals surface area contributed by atoms with Crippen molar-refractivity contribution < 1.29 is 9.18 Å². The molecule has 1 amide bonds. The molecule has 25 heavy (non-hydrogen) atoms. The number of benzene rings is 1. The number of carbonyl (C=O) groups is 1. The third-order valence-corrected chi connectivity index (χ3v) is 4.30. The summed E-state index contributed by atoms with van der Waals surface area (Å²) in [4.78, 5) is 12.4. The van der Waals surface area contributed by atoms with Crippen LogP contribution in [-0.4, -0.2) is 25.5 Å². The number of carbonyl (C=O) groups excluding carboxylic acids is 1. The minimum absolute atomic E-state index is 0.212. The quantitative estimate of drug-likeness (QED) is 0.749. The van der Waals surface area contributed by atoms with Gasteiger partial charge in [-0.1, -0.05) is 35.3 Å². The number of hydrogen-bond acceptors (Lipinski definition) is 3. The van der Waals surface area contributed by atoms with E-state index in [2.05, 4.69) is 15.5 Å². The van der Waals surface area contributed by atoms with Crippen molar-refractivity contribution in [1.82, 2.24) is 19.6 Å². The minimum Gasteiger partial charge on any atom is -0.302 e. The van der Waals surface area contributed by atoms with Crippen molar-refractivity contribution in [1.29, 1.82) is 0 Å². The molecule has 2 heterocycles. The van der Waals surface area contributed by atoms with Crippen LogP contribution >= 0.6 is 23.2 Å². The van der Waals surface area contributed by atoms with Crippen molar-refractivity contribution in [2.75, 3.05) is 5.32 Å². The minimum atomic E-state index is -0.456. The lowest BCUT2D eigenvalue weighted by Gasteiger charge is -2.04. The van der Waals surface area contributed by atoms with Crippen LogP contribution in [0.5, 0.6) is 0 Å². The zero-order valence-electron chi connectivity index (χ0n) is 13.4. The molecule has 2 aromatic heterocycles. The molecule has 0 atom stereocenters. The van der Waals surface area contributed by atoms with Crippen LogP contribution in [0, 0.1) is 12.7 Å². The topological polar surface area (TPSA) is 64.7 Å². The van der Waals surface area contributed by atoms with Crippen LogP contribution < -0.4 is 5.32 Å². The molecule has 3 aromatic rings. The number of rotatable bonds is 4. The van der Waals surface area contributed by atoms with Crippen molar-refractivity contribution in [2.24, 2.45) is 7.05 Å². The Morgan fingerprint density at radius 1 is 1.24 bits per heavy atom. The van der Waals surface area contributed by atoms with Crippen LogP contribution in [0.15, 0.2) is 30.5 Å². The normalized spacial score (nSPS) is 10.9. The van der Waals surface area contributed by atoms with E-state index in [9.17, 15) is 9.18 Å².